The highest BCUT2D eigenvalue weighted by atomic mass is 16.5. The van der Waals surface area contributed by atoms with Crippen molar-refractivity contribution in [3.05, 3.63) is 100 Å². The Kier molecular flexibility index (Phi) is 7.10. The minimum absolute atomic E-state index is 0.180. The Morgan fingerprint density at radius 3 is 2.64 bits per heavy atom. The zero-order valence-electron chi connectivity index (χ0n) is 21.5. The van der Waals surface area contributed by atoms with Gasteiger partial charge in [0.15, 0.2) is 0 Å². The molecule has 0 fully saturated rings. The van der Waals surface area contributed by atoms with Gasteiger partial charge in [0.05, 0.1) is 0 Å². The van der Waals surface area contributed by atoms with Gasteiger partial charge in [-0.05, 0) is 92.4 Å². The number of carbonyl (C=O) groups is 1. The van der Waals surface area contributed by atoms with Gasteiger partial charge in [0.1, 0.15) is 12.4 Å². The van der Waals surface area contributed by atoms with Gasteiger partial charge in [0, 0.05) is 42.3 Å². The molecule has 1 aliphatic rings. The predicted molar refractivity (Wildman–Crippen MR) is 146 cm³/mol. The normalized spacial score (nSPS) is 13.1. The van der Waals surface area contributed by atoms with Crippen LogP contribution in [0.4, 0.5) is 0 Å². The predicted octanol–water partition coefficient (Wildman–Crippen LogP) is 5.88. The Hall–Kier alpha value is -3.57. The Balaban J connectivity index is 1.11. The highest BCUT2D eigenvalue weighted by Gasteiger charge is 2.27. The standard InChI is InChI=1S/C31H35N3O2/c1-22-16-26-20-34(31(35)29(26)17-23(22)2)14-7-13-33(3)15-12-25-19-32-30-11-10-27(18-28(25)30)36-21-24-8-5-4-6-9-24/h4-6,8-11,16-19,32H,7,12-15,20-21H2,1-3H3. The monoisotopic (exact) mass is 481 g/mol. The summed E-state index contributed by atoms with van der Waals surface area (Å²) < 4.78 is 6.04. The summed E-state index contributed by atoms with van der Waals surface area (Å²) in [5, 5.41) is 1.22. The van der Waals surface area contributed by atoms with Gasteiger partial charge in [-0.25, -0.2) is 0 Å². The Morgan fingerprint density at radius 1 is 1.00 bits per heavy atom. The van der Waals surface area contributed by atoms with Crippen molar-refractivity contribution in [2.75, 3.05) is 26.7 Å². The fourth-order valence-electron chi connectivity index (χ4n) is 4.98. The van der Waals surface area contributed by atoms with E-state index in [9.17, 15) is 4.79 Å². The van der Waals surface area contributed by atoms with E-state index in [1.165, 1.54) is 33.2 Å². The molecule has 0 saturated heterocycles. The highest BCUT2D eigenvalue weighted by molar-refractivity contribution is 5.98. The Labute approximate surface area is 213 Å². The van der Waals surface area contributed by atoms with Gasteiger partial charge >= 0.3 is 0 Å². The number of rotatable bonds is 10. The molecule has 5 nitrogen and oxygen atoms in total. The molecule has 0 bridgehead atoms. The summed E-state index contributed by atoms with van der Waals surface area (Å²) in [5.41, 5.74) is 8.11. The average Bonchev–Trinajstić information content (AvgIpc) is 3.42. The number of likely N-dealkylation sites (N-methyl/N-ethyl adjacent to an activating group) is 1. The van der Waals surface area contributed by atoms with Gasteiger partial charge in [-0.15, -0.1) is 0 Å². The average molecular weight is 482 g/mol. The molecule has 0 spiro atoms. The fourth-order valence-corrected chi connectivity index (χ4v) is 4.98. The largest absolute Gasteiger partial charge is 0.489 e. The number of hydrogen-bond donors (Lipinski definition) is 1. The summed E-state index contributed by atoms with van der Waals surface area (Å²) in [7, 11) is 2.16. The van der Waals surface area contributed by atoms with Gasteiger partial charge < -0.3 is 19.5 Å². The van der Waals surface area contributed by atoms with Crippen LogP contribution in [0, 0.1) is 13.8 Å². The lowest BCUT2D eigenvalue weighted by atomic mass is 10.0. The van der Waals surface area contributed by atoms with Gasteiger partial charge in [-0.3, -0.25) is 4.79 Å². The zero-order valence-corrected chi connectivity index (χ0v) is 21.5. The van der Waals surface area contributed by atoms with Gasteiger partial charge in [0.2, 0.25) is 0 Å². The molecule has 36 heavy (non-hydrogen) atoms. The molecule has 0 unspecified atom stereocenters. The Bertz CT molecular complexity index is 1360. The molecule has 0 aliphatic carbocycles. The molecule has 0 saturated carbocycles. The first-order valence-corrected chi connectivity index (χ1v) is 12.8. The lowest BCUT2D eigenvalue weighted by Gasteiger charge is -2.20. The third-order valence-electron chi connectivity index (χ3n) is 7.32. The minimum atomic E-state index is 0.180. The number of ether oxygens (including phenoxy) is 1. The first kappa shape index (κ1) is 24.1. The molecular weight excluding hydrogens is 446 g/mol. The quantitative estimate of drug-likeness (QED) is 0.308. The number of hydrogen-bond acceptors (Lipinski definition) is 3. The van der Waals surface area contributed by atoms with Crippen LogP contribution in [0.1, 0.15) is 44.6 Å². The van der Waals surface area contributed by atoms with Crippen molar-refractivity contribution in [2.24, 2.45) is 0 Å². The van der Waals surface area contributed by atoms with E-state index in [0.29, 0.717) is 6.61 Å². The van der Waals surface area contributed by atoms with Crippen LogP contribution in [0.2, 0.25) is 0 Å². The molecule has 3 aromatic carbocycles. The van der Waals surface area contributed by atoms with Crippen LogP contribution in [0.3, 0.4) is 0 Å². The van der Waals surface area contributed by atoms with E-state index in [4.69, 9.17) is 4.74 Å². The second-order valence-electron chi connectivity index (χ2n) is 10.0. The van der Waals surface area contributed by atoms with E-state index in [0.717, 1.165) is 55.9 Å². The van der Waals surface area contributed by atoms with E-state index in [-0.39, 0.29) is 5.91 Å². The van der Waals surface area contributed by atoms with Crippen molar-refractivity contribution in [3.63, 3.8) is 0 Å². The number of carbonyl (C=O) groups excluding carboxylic acids is 1. The van der Waals surface area contributed by atoms with E-state index in [2.05, 4.69) is 73.4 Å². The third kappa shape index (κ3) is 5.31. The molecule has 186 valence electrons. The summed E-state index contributed by atoms with van der Waals surface area (Å²) in [6.07, 6.45) is 4.05. The van der Waals surface area contributed by atoms with Crippen molar-refractivity contribution in [2.45, 2.75) is 39.8 Å². The number of aryl methyl sites for hydroxylation is 2. The van der Waals surface area contributed by atoms with Crippen molar-refractivity contribution < 1.29 is 9.53 Å². The van der Waals surface area contributed by atoms with Crippen LogP contribution in [0.15, 0.2) is 66.9 Å². The fraction of sp³-hybridized carbons (Fsp3) is 0.323. The van der Waals surface area contributed by atoms with Gasteiger partial charge in [-0.1, -0.05) is 36.4 Å². The molecule has 0 atom stereocenters. The second-order valence-corrected chi connectivity index (χ2v) is 10.0. The van der Waals surface area contributed by atoms with Crippen LogP contribution < -0.4 is 4.74 Å². The van der Waals surface area contributed by atoms with E-state index >= 15 is 0 Å². The van der Waals surface area contributed by atoms with Crippen LogP contribution >= 0.6 is 0 Å². The number of H-pyrrole nitrogens is 1. The molecular formula is C31H35N3O2. The summed E-state index contributed by atoms with van der Waals surface area (Å²) in [6.45, 7) is 8.23. The van der Waals surface area contributed by atoms with Crippen LogP contribution in [0.5, 0.6) is 5.75 Å². The first-order chi connectivity index (χ1) is 17.5. The maximum Gasteiger partial charge on any atom is 0.254 e. The summed E-state index contributed by atoms with van der Waals surface area (Å²) in [4.78, 5) is 20.5. The molecule has 5 rings (SSSR count). The van der Waals surface area contributed by atoms with Crippen molar-refractivity contribution in [1.82, 2.24) is 14.8 Å². The second kappa shape index (κ2) is 10.6. The minimum Gasteiger partial charge on any atom is -0.489 e. The number of benzene rings is 3. The number of aromatic nitrogens is 1. The first-order valence-electron chi connectivity index (χ1n) is 12.8. The van der Waals surface area contributed by atoms with Crippen LogP contribution in [0.25, 0.3) is 10.9 Å². The van der Waals surface area contributed by atoms with Crippen molar-refractivity contribution in [3.8, 4) is 5.75 Å². The summed E-state index contributed by atoms with van der Waals surface area (Å²) >= 11 is 0. The lowest BCUT2D eigenvalue weighted by molar-refractivity contribution is 0.0772. The molecule has 0 radical (unpaired) electrons. The maximum absolute atomic E-state index is 12.8. The zero-order chi connectivity index (χ0) is 25.1. The van der Waals surface area contributed by atoms with E-state index in [1.54, 1.807) is 0 Å². The number of nitrogens with one attached hydrogen (secondary N) is 1. The highest BCUT2D eigenvalue weighted by Crippen LogP contribution is 2.27. The number of amides is 1. The van der Waals surface area contributed by atoms with E-state index < -0.39 is 0 Å². The van der Waals surface area contributed by atoms with Gasteiger partial charge in [0.25, 0.3) is 5.91 Å². The molecule has 1 aromatic heterocycles. The number of nitrogens with zero attached hydrogens (tertiary/aromatic N) is 2. The topological polar surface area (TPSA) is 48.6 Å². The van der Waals surface area contributed by atoms with Crippen LogP contribution in [-0.2, 0) is 19.6 Å². The molecule has 1 amide bonds. The van der Waals surface area contributed by atoms with E-state index in [1.807, 2.05) is 29.2 Å². The molecule has 4 aromatic rings. The number of aromatic amines is 1. The molecule has 5 heteroatoms. The van der Waals surface area contributed by atoms with Gasteiger partial charge in [-0.2, -0.15) is 0 Å². The van der Waals surface area contributed by atoms with Crippen molar-refractivity contribution in [1.29, 1.82) is 0 Å². The molecule has 1 N–H and O–H groups in total. The molecule has 2 heterocycles. The summed E-state index contributed by atoms with van der Waals surface area (Å²) in [6, 6.07) is 20.7. The SMILES string of the molecule is Cc1cc2c(cc1C)C(=O)N(CCCN(C)CCc1c[nH]c3ccc(OCc4ccccc4)cc13)C2. The number of fused-ring (bicyclic) bond motifs is 2. The molecule has 1 aliphatic heterocycles. The van der Waals surface area contributed by atoms with Crippen LogP contribution in [-0.4, -0.2) is 47.4 Å². The Morgan fingerprint density at radius 2 is 1.81 bits per heavy atom. The summed E-state index contributed by atoms with van der Waals surface area (Å²) in [5.74, 6) is 1.07. The smallest absolute Gasteiger partial charge is 0.254 e. The third-order valence-corrected chi connectivity index (χ3v) is 7.32. The maximum atomic E-state index is 12.8. The van der Waals surface area contributed by atoms with Crippen molar-refractivity contribution >= 4 is 16.8 Å². The lowest BCUT2D eigenvalue weighted by Crippen LogP contribution is -2.29.